The molecule has 184 valence electrons. The maximum absolute atomic E-state index is 13.5. The van der Waals surface area contributed by atoms with Crippen molar-refractivity contribution in [2.75, 3.05) is 18.9 Å². The summed E-state index contributed by atoms with van der Waals surface area (Å²) in [4.78, 5) is 39.4. The van der Waals surface area contributed by atoms with E-state index in [1.807, 2.05) is 20.8 Å². The predicted molar refractivity (Wildman–Crippen MR) is 117 cm³/mol. The average Bonchev–Trinajstić information content (AvgIpc) is 3.35. The molecular weight excluding hydrogens is 450 g/mol. The van der Waals surface area contributed by atoms with Crippen LogP contribution in [0.4, 0.5) is 14.5 Å². The van der Waals surface area contributed by atoms with Crippen molar-refractivity contribution >= 4 is 23.4 Å². The molecule has 0 saturated carbocycles. The first-order valence-corrected chi connectivity index (χ1v) is 10.8. The number of likely N-dealkylation sites (tertiary alicyclic amines) is 1. The largest absolute Gasteiger partial charge is 0.391 e. The first-order valence-electron chi connectivity index (χ1n) is 10.8. The fourth-order valence-corrected chi connectivity index (χ4v) is 3.97. The summed E-state index contributed by atoms with van der Waals surface area (Å²) in [6, 6.07) is 1.34. The second-order valence-electron chi connectivity index (χ2n) is 9.32. The van der Waals surface area contributed by atoms with Crippen LogP contribution in [0.1, 0.15) is 38.9 Å². The lowest BCUT2D eigenvalue weighted by Gasteiger charge is -2.34. The molecule has 0 radical (unpaired) electrons. The molecule has 1 saturated heterocycles. The van der Waals surface area contributed by atoms with Crippen molar-refractivity contribution in [3.05, 3.63) is 41.7 Å². The summed E-state index contributed by atoms with van der Waals surface area (Å²) in [5.74, 6) is -3.41. The Kier molecular flexibility index (Phi) is 7.29. The Morgan fingerprint density at radius 3 is 2.56 bits per heavy atom. The molecule has 3 atom stereocenters. The minimum Gasteiger partial charge on any atom is -0.391 e. The quantitative estimate of drug-likeness (QED) is 0.569. The molecule has 3 rings (SSSR count). The second kappa shape index (κ2) is 9.84. The number of β-amino-alcohol motifs (C(OH)–C–C–N with tert-alkyl or cyclic N) is 1. The van der Waals surface area contributed by atoms with Crippen molar-refractivity contribution < 1.29 is 28.3 Å². The van der Waals surface area contributed by atoms with Crippen molar-refractivity contribution in [3.63, 3.8) is 0 Å². The number of nitrogens with zero attached hydrogens (tertiary/aromatic N) is 4. The van der Waals surface area contributed by atoms with E-state index in [-0.39, 0.29) is 36.7 Å². The fourth-order valence-electron chi connectivity index (χ4n) is 3.97. The molecule has 2 unspecified atom stereocenters. The predicted octanol–water partition coefficient (Wildman–Crippen LogP) is 1.03. The van der Waals surface area contributed by atoms with Crippen molar-refractivity contribution in [2.45, 2.75) is 51.8 Å². The highest BCUT2D eigenvalue weighted by Crippen LogP contribution is 2.34. The van der Waals surface area contributed by atoms with Gasteiger partial charge >= 0.3 is 0 Å². The topological polar surface area (TPSA) is 129 Å². The molecule has 1 aromatic heterocycles. The van der Waals surface area contributed by atoms with Gasteiger partial charge in [-0.25, -0.2) is 13.5 Å². The van der Waals surface area contributed by atoms with E-state index >= 15 is 0 Å². The molecule has 2 heterocycles. The highest BCUT2D eigenvalue weighted by atomic mass is 19.2. The summed E-state index contributed by atoms with van der Waals surface area (Å²) in [5, 5.41) is 23.1. The molecule has 0 aliphatic carbocycles. The summed E-state index contributed by atoms with van der Waals surface area (Å²) < 4.78 is 27.8. The number of benzene rings is 1. The summed E-state index contributed by atoms with van der Waals surface area (Å²) in [6.45, 7) is 5.50. The van der Waals surface area contributed by atoms with Crippen LogP contribution >= 0.6 is 0 Å². The maximum atomic E-state index is 13.5. The molecule has 10 nitrogen and oxygen atoms in total. The standard InChI is InChI=1S/C22H28F2N6O4/c1-22(2,3)19(21(34)29-11-14(31)9-17(29)20(33)25-4)30-10-13(27-28-30)8-18(32)26-12-5-6-15(23)16(24)7-12/h5-7,10,14,17,19,31H,8-9,11H2,1-4H3,(H,25,33)(H,26,32)/t14?,17?,19-/m1/s1. The lowest BCUT2D eigenvalue weighted by molar-refractivity contribution is -0.144. The van der Waals surface area contributed by atoms with Gasteiger partial charge in [0.05, 0.1) is 18.2 Å². The van der Waals surface area contributed by atoms with Crippen LogP contribution in [-0.2, 0) is 20.8 Å². The number of hydrogen-bond acceptors (Lipinski definition) is 6. The highest BCUT2D eigenvalue weighted by molar-refractivity contribution is 5.92. The minimum atomic E-state index is -1.09. The number of carbonyl (C=O) groups excluding carboxylic acids is 3. The summed E-state index contributed by atoms with van der Waals surface area (Å²) in [6.07, 6.45) is 0.556. The van der Waals surface area contributed by atoms with E-state index in [1.54, 1.807) is 0 Å². The van der Waals surface area contributed by atoms with Gasteiger partial charge < -0.3 is 20.6 Å². The van der Waals surface area contributed by atoms with Crippen molar-refractivity contribution in [1.29, 1.82) is 0 Å². The van der Waals surface area contributed by atoms with E-state index in [9.17, 15) is 28.3 Å². The van der Waals surface area contributed by atoms with Gasteiger partial charge in [-0.05, 0) is 17.5 Å². The maximum Gasteiger partial charge on any atom is 0.248 e. The van der Waals surface area contributed by atoms with Crippen LogP contribution in [-0.4, -0.2) is 68.5 Å². The molecule has 34 heavy (non-hydrogen) atoms. The number of amides is 3. The van der Waals surface area contributed by atoms with E-state index in [0.29, 0.717) is 0 Å². The fraction of sp³-hybridized carbons (Fsp3) is 0.500. The van der Waals surface area contributed by atoms with Gasteiger partial charge in [0.15, 0.2) is 11.6 Å². The van der Waals surface area contributed by atoms with Crippen LogP contribution in [0.5, 0.6) is 0 Å². The number of carbonyl (C=O) groups is 3. The van der Waals surface area contributed by atoms with Crippen LogP contribution < -0.4 is 10.6 Å². The van der Waals surface area contributed by atoms with Crippen LogP contribution in [0.15, 0.2) is 24.4 Å². The van der Waals surface area contributed by atoms with Crippen LogP contribution in [0.25, 0.3) is 0 Å². The molecule has 3 amide bonds. The number of hydrogen-bond donors (Lipinski definition) is 3. The molecule has 0 bridgehead atoms. The zero-order chi connectivity index (χ0) is 25.2. The lowest BCUT2D eigenvalue weighted by Crippen LogP contribution is -2.49. The molecule has 12 heteroatoms. The third-order valence-electron chi connectivity index (χ3n) is 5.53. The number of rotatable bonds is 6. The van der Waals surface area contributed by atoms with Gasteiger partial charge in [0.2, 0.25) is 17.7 Å². The van der Waals surface area contributed by atoms with E-state index in [4.69, 9.17) is 0 Å². The number of anilines is 1. The van der Waals surface area contributed by atoms with Gasteiger partial charge in [-0.3, -0.25) is 14.4 Å². The van der Waals surface area contributed by atoms with E-state index in [1.165, 1.54) is 28.9 Å². The van der Waals surface area contributed by atoms with E-state index in [0.717, 1.165) is 12.1 Å². The summed E-state index contributed by atoms with van der Waals surface area (Å²) >= 11 is 0. The molecule has 1 fully saturated rings. The highest BCUT2D eigenvalue weighted by Gasteiger charge is 2.45. The summed E-state index contributed by atoms with van der Waals surface area (Å²) in [7, 11) is 1.46. The van der Waals surface area contributed by atoms with Crippen molar-refractivity contribution in [2.24, 2.45) is 5.41 Å². The smallest absolute Gasteiger partial charge is 0.248 e. The van der Waals surface area contributed by atoms with E-state index in [2.05, 4.69) is 20.9 Å². The van der Waals surface area contributed by atoms with Gasteiger partial charge in [0, 0.05) is 38.0 Å². The number of aromatic nitrogens is 3. The first-order chi connectivity index (χ1) is 15.9. The van der Waals surface area contributed by atoms with Gasteiger partial charge in [0.1, 0.15) is 12.1 Å². The second-order valence-corrected chi connectivity index (χ2v) is 9.32. The zero-order valence-corrected chi connectivity index (χ0v) is 19.4. The monoisotopic (exact) mass is 478 g/mol. The number of halogens is 2. The average molecular weight is 479 g/mol. The Bertz CT molecular complexity index is 1080. The molecule has 0 spiro atoms. The Labute approximate surface area is 195 Å². The molecule has 1 aliphatic rings. The van der Waals surface area contributed by atoms with Crippen LogP contribution in [0, 0.1) is 17.0 Å². The zero-order valence-electron chi connectivity index (χ0n) is 19.4. The molecule has 1 aromatic carbocycles. The lowest BCUT2D eigenvalue weighted by atomic mass is 9.85. The molecular formula is C22H28F2N6O4. The number of likely N-dealkylation sites (N-methyl/N-ethyl adjacent to an activating group) is 1. The van der Waals surface area contributed by atoms with E-state index < -0.39 is 47.1 Å². The minimum absolute atomic E-state index is 0.0156. The van der Waals surface area contributed by atoms with Crippen molar-refractivity contribution in [1.82, 2.24) is 25.2 Å². The third-order valence-corrected chi connectivity index (χ3v) is 5.53. The summed E-state index contributed by atoms with van der Waals surface area (Å²) in [5.41, 5.74) is -0.296. The van der Waals surface area contributed by atoms with Gasteiger partial charge in [-0.2, -0.15) is 0 Å². The normalized spacial score (nSPS) is 19.1. The molecule has 1 aliphatic heterocycles. The van der Waals surface area contributed by atoms with Gasteiger partial charge in [0.25, 0.3) is 0 Å². The molecule has 2 aromatic rings. The van der Waals surface area contributed by atoms with Crippen molar-refractivity contribution in [3.8, 4) is 0 Å². The molecule has 3 N–H and O–H groups in total. The SMILES string of the molecule is CNC(=O)C1CC(O)CN1C(=O)[C@@H](n1cc(CC(=O)Nc2ccc(F)c(F)c2)nn1)C(C)(C)C. The van der Waals surface area contributed by atoms with Crippen LogP contribution in [0.2, 0.25) is 0 Å². The number of aliphatic hydroxyl groups is 1. The van der Waals surface area contributed by atoms with Gasteiger partial charge in [-0.15, -0.1) is 5.10 Å². The first kappa shape index (κ1) is 25.2. The third kappa shape index (κ3) is 5.56. The number of nitrogens with one attached hydrogen (secondary N) is 2. The van der Waals surface area contributed by atoms with Gasteiger partial charge in [-0.1, -0.05) is 26.0 Å². The Morgan fingerprint density at radius 1 is 1.24 bits per heavy atom. The Balaban J connectivity index is 1.77. The Morgan fingerprint density at radius 2 is 1.94 bits per heavy atom. The number of aliphatic hydroxyl groups excluding tert-OH is 1. The Hall–Kier alpha value is -3.41. The van der Waals surface area contributed by atoms with Crippen LogP contribution in [0.3, 0.4) is 0 Å².